The number of methoxy groups -OCH3 is 1. The molecule has 29 heavy (non-hydrogen) atoms. The number of ether oxygens (including phenoxy) is 1. The summed E-state index contributed by atoms with van der Waals surface area (Å²) in [5.41, 5.74) is 1.20. The smallest absolute Gasteiger partial charge is 0.235 e. The van der Waals surface area contributed by atoms with Gasteiger partial charge in [-0.15, -0.1) is 0 Å². The minimum atomic E-state index is -0.0866. The van der Waals surface area contributed by atoms with Crippen LogP contribution in [-0.2, 0) is 0 Å². The quantitative estimate of drug-likeness (QED) is 0.518. The third-order valence-electron chi connectivity index (χ3n) is 5.48. The first kappa shape index (κ1) is 18.0. The molecule has 3 aromatic heterocycles. The fourth-order valence-corrected chi connectivity index (χ4v) is 5.08. The second-order valence-electron chi connectivity index (χ2n) is 7.04. The number of thiazole rings is 1. The van der Waals surface area contributed by atoms with Crippen molar-refractivity contribution in [1.29, 1.82) is 0 Å². The van der Waals surface area contributed by atoms with Gasteiger partial charge in [0.2, 0.25) is 10.8 Å². The second-order valence-corrected chi connectivity index (χ2v) is 8.05. The lowest BCUT2D eigenvalue weighted by atomic mass is 10.1. The second kappa shape index (κ2) is 7.41. The van der Waals surface area contributed by atoms with Gasteiger partial charge in [-0.05, 0) is 36.4 Å². The van der Waals surface area contributed by atoms with Crippen LogP contribution in [0, 0.1) is 0 Å². The van der Waals surface area contributed by atoms with Crippen molar-refractivity contribution in [2.24, 2.45) is 0 Å². The molecule has 1 saturated heterocycles. The largest absolute Gasteiger partial charge is 0.497 e. The van der Waals surface area contributed by atoms with E-state index in [2.05, 4.69) is 27.1 Å². The molecular formula is C20H22N5O3S+. The summed E-state index contributed by atoms with van der Waals surface area (Å²) in [6.45, 7) is 3.68. The molecule has 5 rings (SSSR count). The lowest BCUT2D eigenvalue weighted by Gasteiger charge is -2.36. The van der Waals surface area contributed by atoms with Crippen molar-refractivity contribution >= 4 is 22.0 Å². The van der Waals surface area contributed by atoms with E-state index in [9.17, 15) is 5.11 Å². The highest BCUT2D eigenvalue weighted by Crippen LogP contribution is 2.34. The number of piperazine rings is 1. The third kappa shape index (κ3) is 3.22. The monoisotopic (exact) mass is 412 g/mol. The number of fused-ring (bicyclic) bond motifs is 1. The van der Waals surface area contributed by atoms with Crippen molar-refractivity contribution in [1.82, 2.24) is 14.6 Å². The minimum absolute atomic E-state index is 0.0866. The van der Waals surface area contributed by atoms with E-state index in [1.54, 1.807) is 13.4 Å². The molecule has 150 valence electrons. The third-order valence-corrected chi connectivity index (χ3v) is 6.58. The van der Waals surface area contributed by atoms with Crippen molar-refractivity contribution in [3.05, 3.63) is 59.6 Å². The van der Waals surface area contributed by atoms with E-state index in [1.807, 2.05) is 24.3 Å². The Bertz CT molecular complexity index is 1080. The van der Waals surface area contributed by atoms with E-state index in [1.165, 1.54) is 32.8 Å². The number of hydrogen-bond donors (Lipinski definition) is 2. The number of anilines is 1. The maximum Gasteiger partial charge on any atom is 0.235 e. The van der Waals surface area contributed by atoms with E-state index in [0.29, 0.717) is 4.96 Å². The number of quaternary nitrogens is 1. The summed E-state index contributed by atoms with van der Waals surface area (Å²) in [5, 5.41) is 14.9. The summed E-state index contributed by atoms with van der Waals surface area (Å²) >= 11 is 1.46. The molecule has 1 aromatic carbocycles. The van der Waals surface area contributed by atoms with Crippen molar-refractivity contribution < 1.29 is 19.2 Å². The van der Waals surface area contributed by atoms with Crippen LogP contribution in [0.5, 0.6) is 11.6 Å². The van der Waals surface area contributed by atoms with Gasteiger partial charge in [0.25, 0.3) is 0 Å². The number of aromatic hydroxyl groups is 1. The Kier molecular flexibility index (Phi) is 4.61. The normalized spacial score (nSPS) is 16.4. The average molecular weight is 412 g/mol. The Morgan fingerprint density at radius 3 is 2.66 bits per heavy atom. The van der Waals surface area contributed by atoms with Crippen LogP contribution in [-0.4, -0.2) is 53.0 Å². The molecule has 0 amide bonds. The van der Waals surface area contributed by atoms with Gasteiger partial charge in [0, 0.05) is 5.69 Å². The van der Waals surface area contributed by atoms with Crippen LogP contribution in [0.3, 0.4) is 0 Å². The first-order valence-electron chi connectivity index (χ1n) is 9.53. The predicted molar refractivity (Wildman–Crippen MR) is 109 cm³/mol. The molecule has 2 N–H and O–H groups in total. The molecule has 1 fully saturated rings. The van der Waals surface area contributed by atoms with E-state index in [0.717, 1.165) is 42.6 Å². The Morgan fingerprint density at radius 2 is 2.00 bits per heavy atom. The molecule has 0 aliphatic carbocycles. The zero-order chi connectivity index (χ0) is 19.8. The van der Waals surface area contributed by atoms with Gasteiger partial charge in [0.1, 0.15) is 17.0 Å². The number of furan rings is 1. The molecule has 1 aliphatic rings. The fraction of sp³-hybridized carbons (Fsp3) is 0.300. The zero-order valence-electron chi connectivity index (χ0n) is 16.0. The van der Waals surface area contributed by atoms with Gasteiger partial charge < -0.3 is 24.1 Å². The van der Waals surface area contributed by atoms with E-state index in [-0.39, 0.29) is 11.9 Å². The number of benzene rings is 1. The van der Waals surface area contributed by atoms with Crippen molar-refractivity contribution in [3.63, 3.8) is 0 Å². The maximum absolute atomic E-state index is 10.8. The molecule has 0 unspecified atom stereocenters. The van der Waals surface area contributed by atoms with Gasteiger partial charge in [-0.1, -0.05) is 11.3 Å². The molecule has 1 atom stereocenters. The van der Waals surface area contributed by atoms with Crippen LogP contribution in [0.2, 0.25) is 0 Å². The van der Waals surface area contributed by atoms with Gasteiger partial charge in [-0.3, -0.25) is 0 Å². The molecular weight excluding hydrogens is 390 g/mol. The van der Waals surface area contributed by atoms with Crippen LogP contribution >= 0.6 is 11.3 Å². The molecule has 0 radical (unpaired) electrons. The first-order valence-corrected chi connectivity index (χ1v) is 10.3. The number of aromatic nitrogens is 3. The summed E-state index contributed by atoms with van der Waals surface area (Å²) in [7, 11) is 1.68. The molecule has 0 bridgehead atoms. The van der Waals surface area contributed by atoms with Gasteiger partial charge in [-0.2, -0.15) is 9.61 Å². The Balaban J connectivity index is 1.39. The summed E-state index contributed by atoms with van der Waals surface area (Å²) < 4.78 is 12.5. The lowest BCUT2D eigenvalue weighted by Crippen LogP contribution is -3.15. The van der Waals surface area contributed by atoms with Crippen LogP contribution < -0.4 is 14.5 Å². The summed E-state index contributed by atoms with van der Waals surface area (Å²) in [5.74, 6) is 1.86. The number of nitrogens with one attached hydrogen (secondary N) is 1. The van der Waals surface area contributed by atoms with Crippen molar-refractivity contribution in [2.75, 3.05) is 38.2 Å². The molecule has 4 aromatic rings. The van der Waals surface area contributed by atoms with Crippen LogP contribution in [0.4, 0.5) is 5.69 Å². The number of nitrogens with zero attached hydrogens (tertiary/aromatic N) is 4. The predicted octanol–water partition coefficient (Wildman–Crippen LogP) is 1.59. The number of hydrogen-bond acceptors (Lipinski definition) is 7. The van der Waals surface area contributed by atoms with E-state index in [4.69, 9.17) is 9.15 Å². The van der Waals surface area contributed by atoms with E-state index >= 15 is 0 Å². The summed E-state index contributed by atoms with van der Waals surface area (Å²) in [4.78, 5) is 9.48. The minimum Gasteiger partial charge on any atom is -0.497 e. The van der Waals surface area contributed by atoms with E-state index < -0.39 is 0 Å². The molecule has 4 heterocycles. The van der Waals surface area contributed by atoms with Gasteiger partial charge in [-0.25, -0.2) is 4.98 Å². The molecule has 0 saturated carbocycles. The lowest BCUT2D eigenvalue weighted by molar-refractivity contribution is -0.926. The fourth-order valence-electron chi connectivity index (χ4n) is 3.99. The van der Waals surface area contributed by atoms with Gasteiger partial charge >= 0.3 is 0 Å². The number of rotatable bonds is 5. The van der Waals surface area contributed by atoms with Gasteiger partial charge in [0.15, 0.2) is 11.8 Å². The highest BCUT2D eigenvalue weighted by atomic mass is 32.1. The molecule has 9 heteroatoms. The van der Waals surface area contributed by atoms with Crippen molar-refractivity contribution in [3.8, 4) is 11.6 Å². The molecule has 1 aliphatic heterocycles. The SMILES string of the molecule is COc1ccc(N2CC[NH+]([C@@H](c3ccco3)c3sc4ncnn4c3O)CC2)cc1. The van der Waals surface area contributed by atoms with Crippen LogP contribution in [0.1, 0.15) is 16.7 Å². The Morgan fingerprint density at radius 1 is 1.21 bits per heavy atom. The van der Waals surface area contributed by atoms with Crippen molar-refractivity contribution in [2.45, 2.75) is 6.04 Å². The van der Waals surface area contributed by atoms with Crippen LogP contribution in [0.15, 0.2) is 53.4 Å². The highest BCUT2D eigenvalue weighted by molar-refractivity contribution is 7.17. The standard InChI is InChI=1S/C20H21N5O3S/c1-27-15-6-4-14(5-7-15)23-8-10-24(11-9-23)17(16-3-2-12-28-16)18-19(26)25-20(29-18)21-13-22-25/h2-7,12-13,17,26H,8-11H2,1H3/p+1/t17-/m0/s1. The summed E-state index contributed by atoms with van der Waals surface area (Å²) in [6.07, 6.45) is 3.14. The van der Waals surface area contributed by atoms with Gasteiger partial charge in [0.05, 0.1) is 39.6 Å². The Hall–Kier alpha value is -3.04. The topological polar surface area (TPSA) is 80.5 Å². The first-order chi connectivity index (χ1) is 14.2. The average Bonchev–Trinajstić information content (AvgIpc) is 3.50. The summed E-state index contributed by atoms with van der Waals surface area (Å²) in [6, 6.07) is 12.0. The van der Waals surface area contributed by atoms with Crippen LogP contribution in [0.25, 0.3) is 4.96 Å². The highest BCUT2D eigenvalue weighted by Gasteiger charge is 2.36. The maximum atomic E-state index is 10.8. The zero-order valence-corrected chi connectivity index (χ0v) is 16.8. The molecule has 8 nitrogen and oxygen atoms in total. The molecule has 0 spiro atoms. The Labute approximate surface area is 171 Å².